The van der Waals surface area contributed by atoms with Gasteiger partial charge in [-0.2, -0.15) is 0 Å². The van der Waals surface area contributed by atoms with Gasteiger partial charge in [-0.25, -0.2) is 9.78 Å². The molecule has 0 bridgehead atoms. The summed E-state index contributed by atoms with van der Waals surface area (Å²) in [6, 6.07) is 9.69. The number of carbonyl (C=O) groups is 1. The maximum absolute atomic E-state index is 12.1. The lowest BCUT2D eigenvalue weighted by Crippen LogP contribution is -2.05. The van der Waals surface area contributed by atoms with E-state index in [-0.39, 0.29) is 11.1 Å². The van der Waals surface area contributed by atoms with Crippen molar-refractivity contribution in [3.05, 3.63) is 58.6 Å². The Morgan fingerprint density at radius 1 is 1.24 bits per heavy atom. The van der Waals surface area contributed by atoms with Gasteiger partial charge in [0.25, 0.3) is 0 Å². The highest BCUT2D eigenvalue weighted by Gasteiger charge is 2.24. The van der Waals surface area contributed by atoms with Crippen molar-refractivity contribution >= 4 is 22.6 Å². The van der Waals surface area contributed by atoms with Crippen LogP contribution in [0.4, 0.5) is 5.69 Å². The molecule has 2 aliphatic rings. The monoisotopic (exact) mass is 335 g/mol. The molecule has 0 atom stereocenters. The lowest BCUT2D eigenvalue weighted by atomic mass is 9.96. The summed E-state index contributed by atoms with van der Waals surface area (Å²) >= 11 is 0. The molecule has 124 valence electrons. The number of anilines is 1. The molecule has 0 saturated heterocycles. The zero-order valence-corrected chi connectivity index (χ0v) is 13.2. The number of nitrogens with zero attached hydrogens (tertiary/aromatic N) is 1. The Labute approximate surface area is 141 Å². The third-order valence-corrected chi connectivity index (χ3v) is 3.98. The van der Waals surface area contributed by atoms with Gasteiger partial charge in [0, 0.05) is 34.3 Å². The Kier molecular flexibility index (Phi) is 3.28. The number of nitrogens with two attached hydrogens (primary N) is 1. The van der Waals surface area contributed by atoms with Crippen molar-refractivity contribution in [3.63, 3.8) is 0 Å². The Balaban J connectivity index is 2.16. The number of methoxy groups -OCH3 is 1. The molecule has 0 amide bonds. The highest BCUT2D eigenvalue weighted by atomic mass is 16.5. The standard InChI is InChI=1S/C18H13N3O4/c1-24-18(23)17-16(20-8-21-17)15-11-4-2-9(19)6-13(11)25-14-7-10(22)3-5-12(14)15/h2-8H,19H2,1H3,(H,20,21). The Hall–Kier alpha value is -3.61. The molecule has 4 rings (SSSR count). The van der Waals surface area contributed by atoms with Crippen molar-refractivity contribution in [2.24, 2.45) is 0 Å². The molecular formula is C18H13N3O4. The van der Waals surface area contributed by atoms with Crippen molar-refractivity contribution in [2.75, 3.05) is 12.8 Å². The number of ether oxygens (including phenoxy) is 1. The number of nitrogen functional groups attached to an aromatic ring is 1. The second-order valence-electron chi connectivity index (χ2n) is 5.51. The van der Waals surface area contributed by atoms with Crippen LogP contribution in [0.15, 0.2) is 51.9 Å². The molecule has 2 heterocycles. The summed E-state index contributed by atoms with van der Waals surface area (Å²) in [6.45, 7) is 0. The van der Waals surface area contributed by atoms with Crippen LogP contribution in [-0.4, -0.2) is 23.0 Å². The molecule has 0 saturated carbocycles. The first-order chi connectivity index (χ1) is 12.1. The SMILES string of the molecule is COC(=O)c1[nH]cnc1-c1c2ccc(=O)cc-2oc2cc(N)ccc12. The third kappa shape index (κ3) is 2.33. The Bertz CT molecular complexity index is 1140. The molecule has 25 heavy (non-hydrogen) atoms. The van der Waals surface area contributed by atoms with Crippen molar-refractivity contribution in [3.8, 4) is 22.6 Å². The second-order valence-corrected chi connectivity index (χ2v) is 5.51. The van der Waals surface area contributed by atoms with Gasteiger partial charge in [0.15, 0.2) is 11.1 Å². The predicted octanol–water partition coefficient (Wildman–Crippen LogP) is 2.66. The summed E-state index contributed by atoms with van der Waals surface area (Å²) in [7, 11) is 1.30. The fourth-order valence-electron chi connectivity index (χ4n) is 2.88. The van der Waals surface area contributed by atoms with Gasteiger partial charge in [0.05, 0.1) is 13.4 Å². The van der Waals surface area contributed by atoms with Gasteiger partial charge in [0.2, 0.25) is 0 Å². The van der Waals surface area contributed by atoms with Crippen LogP contribution in [0.2, 0.25) is 0 Å². The van der Waals surface area contributed by atoms with E-state index in [4.69, 9.17) is 14.9 Å². The maximum Gasteiger partial charge on any atom is 0.356 e. The highest BCUT2D eigenvalue weighted by Crippen LogP contribution is 2.40. The lowest BCUT2D eigenvalue weighted by Gasteiger charge is -2.14. The van der Waals surface area contributed by atoms with E-state index in [0.29, 0.717) is 33.9 Å². The number of hydrogen-bond donors (Lipinski definition) is 2. The van der Waals surface area contributed by atoms with Crippen LogP contribution in [0.3, 0.4) is 0 Å². The molecule has 1 aromatic carbocycles. The Morgan fingerprint density at radius 3 is 2.88 bits per heavy atom. The van der Waals surface area contributed by atoms with E-state index in [1.54, 1.807) is 24.3 Å². The van der Waals surface area contributed by atoms with E-state index in [9.17, 15) is 9.59 Å². The summed E-state index contributed by atoms with van der Waals surface area (Å²) in [6.07, 6.45) is 1.42. The van der Waals surface area contributed by atoms with E-state index >= 15 is 0 Å². The van der Waals surface area contributed by atoms with Crippen molar-refractivity contribution < 1.29 is 13.9 Å². The van der Waals surface area contributed by atoms with Crippen molar-refractivity contribution in [1.29, 1.82) is 0 Å². The van der Waals surface area contributed by atoms with Crippen LogP contribution >= 0.6 is 0 Å². The van der Waals surface area contributed by atoms with Gasteiger partial charge < -0.3 is 19.9 Å². The van der Waals surface area contributed by atoms with E-state index in [2.05, 4.69) is 9.97 Å². The zero-order chi connectivity index (χ0) is 17.6. The van der Waals surface area contributed by atoms with E-state index in [0.717, 1.165) is 5.39 Å². The minimum Gasteiger partial charge on any atom is -0.464 e. The smallest absolute Gasteiger partial charge is 0.356 e. The average molecular weight is 335 g/mol. The number of aromatic nitrogens is 2. The Morgan fingerprint density at radius 2 is 2.08 bits per heavy atom. The molecule has 1 aliphatic heterocycles. The highest BCUT2D eigenvalue weighted by molar-refractivity contribution is 6.06. The van der Waals surface area contributed by atoms with Gasteiger partial charge in [-0.1, -0.05) is 0 Å². The molecular weight excluding hydrogens is 322 g/mol. The fraction of sp³-hybridized carbons (Fsp3) is 0.0556. The van der Waals surface area contributed by atoms with Crippen LogP contribution in [0.25, 0.3) is 33.6 Å². The van der Waals surface area contributed by atoms with E-state index < -0.39 is 5.97 Å². The summed E-state index contributed by atoms with van der Waals surface area (Å²) in [4.78, 5) is 30.9. The van der Waals surface area contributed by atoms with Crippen molar-refractivity contribution in [2.45, 2.75) is 0 Å². The minimum atomic E-state index is -0.537. The quantitative estimate of drug-likeness (QED) is 0.331. The number of fused-ring (bicyclic) bond motifs is 2. The summed E-state index contributed by atoms with van der Waals surface area (Å²) in [5, 5.41) is 0.720. The molecule has 7 nitrogen and oxygen atoms in total. The molecule has 2 aromatic rings. The number of benzene rings is 2. The fourth-order valence-corrected chi connectivity index (χ4v) is 2.88. The van der Waals surface area contributed by atoms with Crippen LogP contribution < -0.4 is 11.2 Å². The van der Waals surface area contributed by atoms with Crippen LogP contribution in [0.5, 0.6) is 0 Å². The molecule has 0 fully saturated rings. The summed E-state index contributed by atoms with van der Waals surface area (Å²) < 4.78 is 10.7. The lowest BCUT2D eigenvalue weighted by molar-refractivity contribution is 0.0595. The zero-order valence-electron chi connectivity index (χ0n) is 13.2. The molecule has 7 heteroatoms. The summed E-state index contributed by atoms with van der Waals surface area (Å²) in [5.74, 6) is -0.148. The number of rotatable bonds is 2. The molecule has 3 N–H and O–H groups in total. The van der Waals surface area contributed by atoms with Gasteiger partial charge in [0.1, 0.15) is 17.0 Å². The predicted molar refractivity (Wildman–Crippen MR) is 92.4 cm³/mol. The third-order valence-electron chi connectivity index (χ3n) is 3.98. The van der Waals surface area contributed by atoms with E-state index in [1.807, 2.05) is 0 Å². The first-order valence-electron chi connectivity index (χ1n) is 7.46. The number of hydrogen-bond acceptors (Lipinski definition) is 6. The molecule has 1 aromatic heterocycles. The number of nitrogens with one attached hydrogen (secondary N) is 1. The van der Waals surface area contributed by atoms with Crippen LogP contribution in [0.1, 0.15) is 10.5 Å². The normalized spacial score (nSPS) is 11.1. The number of esters is 1. The van der Waals surface area contributed by atoms with E-state index in [1.165, 1.54) is 25.6 Å². The molecule has 0 unspecified atom stereocenters. The maximum atomic E-state index is 12.1. The molecule has 1 aliphatic carbocycles. The molecule has 0 spiro atoms. The largest absolute Gasteiger partial charge is 0.464 e. The first-order valence-corrected chi connectivity index (χ1v) is 7.46. The van der Waals surface area contributed by atoms with Gasteiger partial charge >= 0.3 is 5.97 Å². The number of H-pyrrole nitrogens is 1. The van der Waals surface area contributed by atoms with Crippen LogP contribution in [0, 0.1) is 0 Å². The minimum absolute atomic E-state index is 0.180. The number of aromatic amines is 1. The summed E-state index contributed by atoms with van der Waals surface area (Å²) in [5.41, 5.74) is 8.65. The number of imidazole rings is 1. The van der Waals surface area contributed by atoms with Crippen LogP contribution in [-0.2, 0) is 4.74 Å². The average Bonchev–Trinajstić information content (AvgIpc) is 3.07. The first kappa shape index (κ1) is 14.9. The topological polar surface area (TPSA) is 111 Å². The van der Waals surface area contributed by atoms with Gasteiger partial charge in [-0.15, -0.1) is 0 Å². The van der Waals surface area contributed by atoms with Gasteiger partial charge in [-0.3, -0.25) is 4.79 Å². The van der Waals surface area contributed by atoms with Crippen molar-refractivity contribution in [1.82, 2.24) is 9.97 Å². The second kappa shape index (κ2) is 5.48. The van der Waals surface area contributed by atoms with Gasteiger partial charge in [-0.05, 0) is 24.3 Å². The molecule has 0 radical (unpaired) electrons. The number of carbonyl (C=O) groups excluding carboxylic acids is 1.